The second-order valence-electron chi connectivity index (χ2n) is 25.3. The number of ether oxygens (including phenoxy) is 3. The van der Waals surface area contributed by atoms with E-state index in [-0.39, 0.29) is 60.5 Å². The van der Waals surface area contributed by atoms with Crippen LogP contribution in [0.5, 0.6) is 5.75 Å². The van der Waals surface area contributed by atoms with Crippen LogP contribution in [0, 0.1) is 35.5 Å². The number of carbonyl (C=O) groups is 6. The van der Waals surface area contributed by atoms with E-state index in [9.17, 15) is 28.8 Å². The van der Waals surface area contributed by atoms with Crippen molar-refractivity contribution in [2.45, 2.75) is 166 Å². The number of rotatable bonds is 25. The number of amides is 5. The summed E-state index contributed by atoms with van der Waals surface area (Å²) in [5, 5.41) is 15.3. The maximum Gasteiger partial charge on any atom is 0.331 e. The summed E-state index contributed by atoms with van der Waals surface area (Å²) in [6, 6.07) is 21.3. The molecule has 4 saturated carbocycles. The van der Waals surface area contributed by atoms with Crippen molar-refractivity contribution in [3.63, 3.8) is 0 Å². The molecule has 4 aromatic carbocycles. The number of benzene rings is 4. The van der Waals surface area contributed by atoms with Crippen LogP contribution in [-0.4, -0.2) is 84.5 Å². The smallest absolute Gasteiger partial charge is 0.331 e. The van der Waals surface area contributed by atoms with E-state index in [1.54, 1.807) is 82.5 Å². The summed E-state index contributed by atoms with van der Waals surface area (Å²) in [5.74, 6) is -2.61. The van der Waals surface area contributed by atoms with Gasteiger partial charge in [-0.3, -0.25) is 24.0 Å². The Kier molecular flexibility index (Phi) is 20.2. The number of carbonyl (C=O) groups excluding carboxylic acids is 6. The average Bonchev–Trinajstić information content (AvgIpc) is 0.947. The van der Waals surface area contributed by atoms with Crippen molar-refractivity contribution in [3.8, 4) is 5.75 Å². The van der Waals surface area contributed by atoms with Crippen LogP contribution >= 0.6 is 23.2 Å². The average molecular weight is 1210 g/mol. The van der Waals surface area contributed by atoms with E-state index >= 15 is 0 Å². The Labute approximate surface area is 508 Å². The molecule has 456 valence electrons. The van der Waals surface area contributed by atoms with Crippen LogP contribution in [0.2, 0.25) is 10.0 Å². The molecule has 19 heteroatoms. The highest BCUT2D eigenvalue weighted by Gasteiger charge is 2.77. The summed E-state index contributed by atoms with van der Waals surface area (Å²) in [6.07, 6.45) is 11.0. The van der Waals surface area contributed by atoms with Gasteiger partial charge in [0.25, 0.3) is 5.79 Å². The van der Waals surface area contributed by atoms with Crippen molar-refractivity contribution >= 4 is 70.5 Å². The number of nitrogens with one attached hydrogen (secondary N) is 5. The number of fused-ring (bicyclic) bond motifs is 1. The van der Waals surface area contributed by atoms with Crippen LogP contribution in [0.15, 0.2) is 91.0 Å². The van der Waals surface area contributed by atoms with E-state index in [0.29, 0.717) is 77.2 Å². The molecular formula is C66H82Cl2N6O11. The lowest BCUT2D eigenvalue weighted by molar-refractivity contribution is -0.645. The van der Waals surface area contributed by atoms with Crippen LogP contribution in [0.4, 0.5) is 5.69 Å². The van der Waals surface area contributed by atoms with Crippen molar-refractivity contribution < 1.29 is 52.8 Å². The van der Waals surface area contributed by atoms with Crippen molar-refractivity contribution in [1.29, 1.82) is 0 Å². The molecule has 0 radical (unpaired) electrons. The zero-order chi connectivity index (χ0) is 60.8. The zero-order valence-electron chi connectivity index (χ0n) is 49.7. The molecule has 1 unspecified atom stereocenters. The monoisotopic (exact) mass is 1200 g/mol. The number of hydrogen-bond donors (Lipinski definition) is 6. The molecular weight excluding hydrogens is 1120 g/mol. The third kappa shape index (κ3) is 14.6. The fraction of sp³-hybridized carbons (Fsp3) is 0.515. The Hall–Kier alpha value is -6.34. The normalized spacial score (nSPS) is 23.6. The third-order valence-corrected chi connectivity index (χ3v) is 18.1. The highest BCUT2D eigenvalue weighted by atomic mass is 35.5. The molecule has 10 rings (SSSR count). The van der Waals surface area contributed by atoms with Gasteiger partial charge in [-0.1, -0.05) is 97.7 Å². The molecule has 0 aromatic heterocycles. The molecule has 6 aliphatic rings. The van der Waals surface area contributed by atoms with Crippen molar-refractivity contribution in [3.05, 3.63) is 134 Å². The van der Waals surface area contributed by atoms with Crippen LogP contribution in [0.3, 0.4) is 0 Å². The Balaban J connectivity index is 0.894. The molecule has 5 fully saturated rings. The van der Waals surface area contributed by atoms with Gasteiger partial charge in [-0.15, -0.1) is 0 Å². The van der Waals surface area contributed by atoms with Gasteiger partial charge >= 0.3 is 5.97 Å². The molecule has 1 aliphatic heterocycles. The number of anilines is 1. The lowest BCUT2D eigenvalue weighted by Gasteiger charge is -2.68. The summed E-state index contributed by atoms with van der Waals surface area (Å²) in [7, 11) is 1.62. The predicted octanol–water partition coefficient (Wildman–Crippen LogP) is 9.61. The van der Waals surface area contributed by atoms with Gasteiger partial charge in [-0.25, -0.2) is 9.68 Å². The molecule has 17 nitrogen and oxygen atoms in total. The predicted molar refractivity (Wildman–Crippen MR) is 325 cm³/mol. The minimum Gasteiger partial charge on any atom is -0.487 e. The summed E-state index contributed by atoms with van der Waals surface area (Å²) in [4.78, 5) is 95.5. The van der Waals surface area contributed by atoms with Gasteiger partial charge in [-0.2, -0.15) is 4.89 Å². The van der Waals surface area contributed by atoms with E-state index in [1.807, 2.05) is 50.2 Å². The first-order valence-electron chi connectivity index (χ1n) is 30.0. The van der Waals surface area contributed by atoms with E-state index in [0.717, 1.165) is 42.4 Å². The Morgan fingerprint density at radius 3 is 1.92 bits per heavy atom. The molecule has 1 saturated heterocycles. The van der Waals surface area contributed by atoms with E-state index in [4.69, 9.17) is 52.9 Å². The lowest BCUT2D eigenvalue weighted by Crippen LogP contribution is -2.76. The number of hydrogen-bond acceptors (Lipinski definition) is 12. The van der Waals surface area contributed by atoms with Gasteiger partial charge in [0.2, 0.25) is 29.5 Å². The van der Waals surface area contributed by atoms with Gasteiger partial charge in [0.15, 0.2) is 5.60 Å². The van der Waals surface area contributed by atoms with Gasteiger partial charge in [0, 0.05) is 48.4 Å². The fourth-order valence-electron chi connectivity index (χ4n) is 13.8. The van der Waals surface area contributed by atoms with Crippen molar-refractivity contribution in [1.82, 2.24) is 21.3 Å². The lowest BCUT2D eigenvalue weighted by atomic mass is 9.47. The zero-order valence-corrected chi connectivity index (χ0v) is 51.2. The first kappa shape index (κ1) is 63.2. The first-order chi connectivity index (χ1) is 40.6. The highest BCUT2D eigenvalue weighted by Crippen LogP contribution is 2.70. The van der Waals surface area contributed by atoms with Crippen LogP contribution in [-0.2, 0) is 79.7 Å². The maximum atomic E-state index is 14.6. The molecule has 85 heavy (non-hydrogen) atoms. The maximum absolute atomic E-state index is 14.6. The topological polar surface area (TPSA) is 235 Å². The largest absolute Gasteiger partial charge is 0.487 e. The minimum atomic E-state index is -1.28. The highest BCUT2D eigenvalue weighted by molar-refractivity contribution is 6.33. The second-order valence-corrected chi connectivity index (χ2v) is 26.1. The van der Waals surface area contributed by atoms with E-state index in [2.05, 4.69) is 26.6 Å². The Morgan fingerprint density at radius 1 is 0.729 bits per heavy atom. The molecule has 1 heterocycles. The van der Waals surface area contributed by atoms with Crippen molar-refractivity contribution in [2.24, 2.45) is 41.2 Å². The Morgan fingerprint density at radius 2 is 1.34 bits per heavy atom. The van der Waals surface area contributed by atoms with E-state index in [1.165, 1.54) is 19.4 Å². The number of methoxy groups -OCH3 is 1. The first-order valence-corrected chi connectivity index (χ1v) is 30.7. The van der Waals surface area contributed by atoms with Crippen LogP contribution < -0.4 is 37.1 Å². The van der Waals surface area contributed by atoms with Crippen molar-refractivity contribution in [2.75, 3.05) is 19.0 Å². The van der Waals surface area contributed by atoms with E-state index < -0.39 is 70.8 Å². The molecule has 4 bridgehead atoms. The van der Waals surface area contributed by atoms with Gasteiger partial charge in [0.05, 0.1) is 5.02 Å². The van der Waals surface area contributed by atoms with Gasteiger partial charge in [0.1, 0.15) is 42.1 Å². The fourth-order valence-corrected chi connectivity index (χ4v) is 14.3. The summed E-state index contributed by atoms with van der Waals surface area (Å²) in [6.45, 7) is 11.0. The molecule has 5 amide bonds. The standard InChI is InChI=1S/C66H82Cl2N6O11/c1-38(2)28-54(73-60(77)53(14-10-11-27-69)72-62(79)55(34-40-15-21-50(67)22-16-40)74-63(80)58(70-39(3)75)47-35-45-12-8-9-13-46(45)36-47)61(78)71-51-23-17-41(18-24-51)37-82-59-44(20-26-56(76)83-64(4,5)6)19-25-52(57(59)68)66(81-7)65(84-85-66)48-30-42-29-43(32-48)33-49(65)31-42/h8-9,12-13,15-26,38,42-43,47-49,53-55,58H,10-11,14,27-37,69H2,1-7H3,(H,70,75)(H,71,78)(H,72,79)(H,73,77)(H,74,80)/b26-20+/t42?,43?,48?,49?,53-,54-,55-,58-,65?,66?/m0/s1. The molecule has 7 N–H and O–H groups in total. The third-order valence-electron chi connectivity index (χ3n) is 17.4. The van der Waals surface area contributed by atoms with Crippen LogP contribution in [0.25, 0.3) is 6.08 Å². The van der Waals surface area contributed by atoms with Gasteiger partial charge < -0.3 is 46.5 Å². The summed E-state index contributed by atoms with van der Waals surface area (Å²) < 4.78 is 18.5. The Bertz CT molecular complexity index is 3050. The SMILES string of the molecule is COC1(c2ccc(/C=C/C(=O)OC(C)(C)C)c(OCc3ccc(NC(=O)[C@H](CC(C)C)NC(=O)[C@H](CCCCN)NC(=O)[C@H](Cc4ccc(Cl)cc4)NC(=O)[C@@H](NC(C)=O)C4Cc5ccccc5C4)cc3)c2Cl)OOC12C1CC3CC(C1)CC2C3. The van der Waals surface area contributed by atoms with Gasteiger partial charge in [-0.05, 0) is 186 Å². The summed E-state index contributed by atoms with van der Waals surface area (Å²) in [5.41, 5.74) is 9.63. The summed E-state index contributed by atoms with van der Waals surface area (Å²) >= 11 is 13.7. The number of halogens is 2. The van der Waals surface area contributed by atoms with Crippen LogP contribution in [0.1, 0.15) is 133 Å². The molecule has 4 aromatic rings. The number of nitrogens with two attached hydrogens (primary N) is 1. The molecule has 1 spiro atoms. The number of unbranched alkanes of at least 4 members (excludes halogenated alkanes) is 1. The number of esters is 1. The molecule has 5 aliphatic carbocycles. The quantitative estimate of drug-likeness (QED) is 0.0158. The minimum absolute atomic E-state index is 0.0289. The molecule has 5 atom stereocenters. The second kappa shape index (κ2) is 27.1.